The maximum absolute atomic E-state index is 13.8. The summed E-state index contributed by atoms with van der Waals surface area (Å²) < 4.78 is 13.8. The largest absolute Gasteiger partial charge is 0.384 e. The van der Waals surface area contributed by atoms with Crippen molar-refractivity contribution in [2.75, 3.05) is 11.9 Å². The van der Waals surface area contributed by atoms with Gasteiger partial charge in [0.05, 0.1) is 11.6 Å². The SMILES string of the molecule is N/C(=N/OCC(=O)Nc1ccc(Cl)cc1F)C(c1ccccc1)c1ccccc1. The second-order valence-electron chi connectivity index (χ2n) is 6.22. The molecule has 0 saturated carbocycles. The standard InChI is InChI=1S/C22H19ClFN3O2/c23-17-11-12-19(18(24)13-17)26-20(28)14-29-27-22(25)21(15-7-3-1-4-8-15)16-9-5-2-6-10-16/h1-13,21H,14H2,(H2,25,27)(H,26,28). The van der Waals surface area contributed by atoms with E-state index in [9.17, 15) is 9.18 Å². The van der Waals surface area contributed by atoms with E-state index in [-0.39, 0.29) is 22.5 Å². The molecule has 0 heterocycles. The van der Waals surface area contributed by atoms with Gasteiger partial charge in [0.2, 0.25) is 0 Å². The van der Waals surface area contributed by atoms with E-state index in [2.05, 4.69) is 10.5 Å². The highest BCUT2D eigenvalue weighted by atomic mass is 35.5. The molecule has 0 aliphatic rings. The van der Waals surface area contributed by atoms with Crippen LogP contribution in [0, 0.1) is 5.82 Å². The molecule has 0 fully saturated rings. The normalized spacial score (nSPS) is 11.3. The number of hydrogen-bond donors (Lipinski definition) is 2. The van der Waals surface area contributed by atoms with Crippen molar-refractivity contribution in [1.82, 2.24) is 0 Å². The van der Waals surface area contributed by atoms with Crippen LogP contribution in [0.2, 0.25) is 5.02 Å². The molecule has 0 aromatic heterocycles. The highest BCUT2D eigenvalue weighted by Gasteiger charge is 2.19. The summed E-state index contributed by atoms with van der Waals surface area (Å²) in [6.45, 7) is -0.418. The second-order valence-corrected chi connectivity index (χ2v) is 6.65. The van der Waals surface area contributed by atoms with Gasteiger partial charge in [-0.25, -0.2) is 4.39 Å². The third kappa shape index (κ3) is 5.56. The first-order valence-corrected chi connectivity index (χ1v) is 9.22. The van der Waals surface area contributed by atoms with E-state index in [1.165, 1.54) is 12.1 Å². The number of rotatable bonds is 7. The molecule has 3 aromatic carbocycles. The van der Waals surface area contributed by atoms with Crippen LogP contribution in [-0.2, 0) is 9.63 Å². The average molecular weight is 412 g/mol. The average Bonchev–Trinajstić information content (AvgIpc) is 2.72. The molecule has 0 radical (unpaired) electrons. The van der Waals surface area contributed by atoms with Gasteiger partial charge in [-0.3, -0.25) is 4.79 Å². The van der Waals surface area contributed by atoms with Gasteiger partial charge in [-0.1, -0.05) is 77.4 Å². The quantitative estimate of drug-likeness (QED) is 0.340. The van der Waals surface area contributed by atoms with Crippen molar-refractivity contribution < 1.29 is 14.0 Å². The van der Waals surface area contributed by atoms with Crippen molar-refractivity contribution in [3.8, 4) is 0 Å². The van der Waals surface area contributed by atoms with Crippen molar-refractivity contribution >= 4 is 29.0 Å². The molecule has 3 aromatic rings. The lowest BCUT2D eigenvalue weighted by atomic mass is 9.90. The molecule has 29 heavy (non-hydrogen) atoms. The van der Waals surface area contributed by atoms with Gasteiger partial charge in [0, 0.05) is 5.02 Å². The fourth-order valence-electron chi connectivity index (χ4n) is 2.82. The Morgan fingerprint density at radius 1 is 1.03 bits per heavy atom. The van der Waals surface area contributed by atoms with Crippen molar-refractivity contribution in [3.63, 3.8) is 0 Å². The van der Waals surface area contributed by atoms with Gasteiger partial charge in [0.15, 0.2) is 12.4 Å². The lowest BCUT2D eigenvalue weighted by Gasteiger charge is -2.17. The summed E-state index contributed by atoms with van der Waals surface area (Å²) in [6, 6.07) is 23.2. The number of amidine groups is 1. The molecule has 0 saturated heterocycles. The van der Waals surface area contributed by atoms with Crippen LogP contribution in [0.4, 0.5) is 10.1 Å². The molecular formula is C22H19ClFN3O2. The fraction of sp³-hybridized carbons (Fsp3) is 0.0909. The zero-order chi connectivity index (χ0) is 20.6. The van der Waals surface area contributed by atoms with Gasteiger partial charge in [-0.05, 0) is 29.3 Å². The Balaban J connectivity index is 1.68. The van der Waals surface area contributed by atoms with Gasteiger partial charge in [0.25, 0.3) is 5.91 Å². The van der Waals surface area contributed by atoms with Gasteiger partial charge in [-0.2, -0.15) is 0 Å². The summed E-state index contributed by atoms with van der Waals surface area (Å²) >= 11 is 5.69. The van der Waals surface area contributed by atoms with E-state index >= 15 is 0 Å². The van der Waals surface area contributed by atoms with Crippen LogP contribution in [0.1, 0.15) is 17.0 Å². The number of oxime groups is 1. The lowest BCUT2D eigenvalue weighted by molar-refractivity contribution is -0.120. The Bertz CT molecular complexity index is 958. The van der Waals surface area contributed by atoms with Crippen molar-refractivity contribution in [1.29, 1.82) is 0 Å². The number of anilines is 1. The number of nitrogens with two attached hydrogens (primary N) is 1. The van der Waals surface area contributed by atoms with Crippen LogP contribution in [0.3, 0.4) is 0 Å². The number of carbonyl (C=O) groups excluding carboxylic acids is 1. The second kappa shape index (κ2) is 9.71. The van der Waals surface area contributed by atoms with Crippen LogP contribution in [0.5, 0.6) is 0 Å². The van der Waals surface area contributed by atoms with Gasteiger partial charge in [-0.15, -0.1) is 0 Å². The van der Waals surface area contributed by atoms with E-state index in [1.54, 1.807) is 0 Å². The maximum Gasteiger partial charge on any atom is 0.265 e. The van der Waals surface area contributed by atoms with E-state index < -0.39 is 18.3 Å². The number of amides is 1. The Kier molecular flexibility index (Phi) is 6.81. The first kappa shape index (κ1) is 20.4. The summed E-state index contributed by atoms with van der Waals surface area (Å²) in [5.41, 5.74) is 8.07. The van der Waals surface area contributed by atoms with Gasteiger partial charge < -0.3 is 15.9 Å². The summed E-state index contributed by atoms with van der Waals surface area (Å²) in [5, 5.41) is 6.55. The molecule has 0 atom stereocenters. The van der Waals surface area contributed by atoms with Crippen LogP contribution in [0.25, 0.3) is 0 Å². The number of carbonyl (C=O) groups is 1. The lowest BCUT2D eigenvalue weighted by Crippen LogP contribution is -2.25. The zero-order valence-corrected chi connectivity index (χ0v) is 16.1. The molecule has 148 valence electrons. The Morgan fingerprint density at radius 2 is 1.62 bits per heavy atom. The molecule has 3 N–H and O–H groups in total. The molecular weight excluding hydrogens is 393 g/mol. The molecule has 5 nitrogen and oxygen atoms in total. The first-order chi connectivity index (χ1) is 14.0. The summed E-state index contributed by atoms with van der Waals surface area (Å²) in [4.78, 5) is 17.1. The van der Waals surface area contributed by atoms with Crippen molar-refractivity contribution in [2.45, 2.75) is 5.92 Å². The predicted octanol–water partition coefficient (Wildman–Crippen LogP) is 4.54. The van der Waals surface area contributed by atoms with E-state index in [0.29, 0.717) is 0 Å². The Labute approximate surface area is 172 Å². The molecule has 3 rings (SSSR count). The minimum atomic E-state index is -0.637. The van der Waals surface area contributed by atoms with Crippen LogP contribution in [0.15, 0.2) is 84.0 Å². The molecule has 0 aliphatic heterocycles. The van der Waals surface area contributed by atoms with E-state index in [1.807, 2.05) is 60.7 Å². The number of halogens is 2. The summed E-state index contributed by atoms with van der Waals surface area (Å²) in [6.07, 6.45) is 0. The van der Waals surface area contributed by atoms with Crippen molar-refractivity contribution in [3.05, 3.63) is 101 Å². The molecule has 0 spiro atoms. The zero-order valence-electron chi connectivity index (χ0n) is 15.4. The smallest absolute Gasteiger partial charge is 0.265 e. The maximum atomic E-state index is 13.8. The Morgan fingerprint density at radius 3 is 2.17 bits per heavy atom. The van der Waals surface area contributed by atoms with Crippen LogP contribution in [-0.4, -0.2) is 18.3 Å². The molecule has 1 amide bonds. The Hall–Kier alpha value is -3.38. The molecule has 0 unspecified atom stereocenters. The minimum absolute atomic E-state index is 0.00593. The molecule has 0 bridgehead atoms. The number of nitrogens with zero attached hydrogens (tertiary/aromatic N) is 1. The highest BCUT2D eigenvalue weighted by molar-refractivity contribution is 6.30. The van der Waals surface area contributed by atoms with E-state index in [4.69, 9.17) is 22.2 Å². The summed E-state index contributed by atoms with van der Waals surface area (Å²) in [7, 11) is 0. The fourth-order valence-corrected chi connectivity index (χ4v) is 2.98. The van der Waals surface area contributed by atoms with Crippen LogP contribution >= 0.6 is 11.6 Å². The number of benzene rings is 3. The van der Waals surface area contributed by atoms with Gasteiger partial charge in [0.1, 0.15) is 5.82 Å². The number of hydrogen-bond acceptors (Lipinski definition) is 3. The van der Waals surface area contributed by atoms with Crippen LogP contribution < -0.4 is 11.1 Å². The van der Waals surface area contributed by atoms with Gasteiger partial charge >= 0.3 is 0 Å². The van der Waals surface area contributed by atoms with Crippen molar-refractivity contribution in [2.24, 2.45) is 10.9 Å². The number of nitrogens with one attached hydrogen (secondary N) is 1. The predicted molar refractivity (Wildman–Crippen MR) is 112 cm³/mol. The third-order valence-corrected chi connectivity index (χ3v) is 4.37. The van der Waals surface area contributed by atoms with E-state index in [0.717, 1.165) is 17.2 Å². The monoisotopic (exact) mass is 411 g/mol. The first-order valence-electron chi connectivity index (χ1n) is 8.84. The molecule has 0 aliphatic carbocycles. The minimum Gasteiger partial charge on any atom is -0.384 e. The summed E-state index contributed by atoms with van der Waals surface area (Å²) in [5.74, 6) is -1.33. The third-order valence-electron chi connectivity index (χ3n) is 4.13. The highest BCUT2D eigenvalue weighted by Crippen LogP contribution is 2.25. The molecule has 7 heteroatoms. The topological polar surface area (TPSA) is 76.7 Å².